The predicted octanol–water partition coefficient (Wildman–Crippen LogP) is 3.98. The van der Waals surface area contributed by atoms with Crippen molar-refractivity contribution in [1.82, 2.24) is 19.9 Å². The molecule has 2 aliphatic rings. The molecule has 0 amide bonds. The number of rotatable bonds is 6. The molecule has 0 spiro atoms. The molecule has 0 saturated carbocycles. The van der Waals surface area contributed by atoms with Crippen molar-refractivity contribution in [1.29, 1.82) is 0 Å². The molecule has 1 atom stereocenters. The van der Waals surface area contributed by atoms with Crippen LogP contribution in [-0.4, -0.2) is 65.5 Å². The lowest BCUT2D eigenvalue weighted by molar-refractivity contribution is 0.311. The third kappa shape index (κ3) is 5.65. The normalized spacial score (nSPS) is 16.9. The molecule has 8 nitrogen and oxygen atoms in total. The lowest BCUT2D eigenvalue weighted by atomic mass is 10.1. The van der Waals surface area contributed by atoms with Crippen LogP contribution in [0.2, 0.25) is 0 Å². The van der Waals surface area contributed by atoms with Gasteiger partial charge in [-0.15, -0.1) is 0 Å². The molecule has 0 radical (unpaired) electrons. The second-order valence-electron chi connectivity index (χ2n) is 8.99. The topological polar surface area (TPSA) is 81.6 Å². The molecule has 10 heteroatoms. The number of nitrogens with one attached hydrogen (secondary N) is 2. The molecule has 1 unspecified atom stereocenters. The summed E-state index contributed by atoms with van der Waals surface area (Å²) >= 11 is 0. The third-order valence-electron chi connectivity index (χ3n) is 6.31. The van der Waals surface area contributed by atoms with Crippen LogP contribution >= 0.6 is 0 Å². The first kappa shape index (κ1) is 23.8. The fourth-order valence-corrected chi connectivity index (χ4v) is 4.12. The van der Waals surface area contributed by atoms with E-state index in [1.807, 2.05) is 13.0 Å². The number of aliphatic imine (C=N–C) groups is 1. The Kier molecular flexibility index (Phi) is 6.86. The number of halogens is 2. The van der Waals surface area contributed by atoms with Gasteiger partial charge >= 0.3 is 0 Å². The number of aromatic nitrogens is 3. The van der Waals surface area contributed by atoms with Gasteiger partial charge in [-0.2, -0.15) is 15.0 Å². The molecule has 1 saturated heterocycles. The maximum atomic E-state index is 13.4. The first-order valence-electron chi connectivity index (χ1n) is 11.9. The maximum Gasteiger partial charge on any atom is 0.234 e. The molecule has 0 aliphatic carbocycles. The Labute approximate surface area is 208 Å². The van der Waals surface area contributed by atoms with Gasteiger partial charge in [0.2, 0.25) is 17.8 Å². The van der Waals surface area contributed by atoms with E-state index < -0.39 is 0 Å². The summed E-state index contributed by atoms with van der Waals surface area (Å²) in [6, 6.07) is 12.6. The van der Waals surface area contributed by atoms with E-state index >= 15 is 0 Å². The molecule has 36 heavy (non-hydrogen) atoms. The van der Waals surface area contributed by atoms with Crippen molar-refractivity contribution in [3.05, 3.63) is 77.4 Å². The van der Waals surface area contributed by atoms with E-state index in [9.17, 15) is 8.78 Å². The average molecular weight is 491 g/mol. The Morgan fingerprint density at radius 1 is 0.833 bits per heavy atom. The van der Waals surface area contributed by atoms with Crippen LogP contribution in [0.3, 0.4) is 0 Å². The zero-order valence-electron chi connectivity index (χ0n) is 20.2. The van der Waals surface area contributed by atoms with Crippen molar-refractivity contribution < 1.29 is 8.78 Å². The number of hydrogen-bond donors (Lipinski definition) is 2. The van der Waals surface area contributed by atoms with Crippen LogP contribution in [0, 0.1) is 11.6 Å². The number of likely N-dealkylation sites (N-methyl/N-ethyl adjacent to an activating group) is 1. The summed E-state index contributed by atoms with van der Waals surface area (Å²) in [5.41, 5.74) is 2.81. The van der Waals surface area contributed by atoms with Gasteiger partial charge in [0.05, 0.1) is 12.6 Å². The van der Waals surface area contributed by atoms with Crippen molar-refractivity contribution in [2.75, 3.05) is 55.3 Å². The standard InChI is InChI=1S/C26H28F2N8/c1-17(18-3-7-21(27)8-4-18)30-24-32-25(34-26(33-24)36-13-11-35(2)12-14-36)31-23-15-20(16-29-23)19-5-9-22(28)10-6-19/h3-10,15,17H,11-14,16H2,1-2H3,(H2,29,30,31,32,33,34). The number of piperazine rings is 1. The van der Waals surface area contributed by atoms with Gasteiger partial charge in [-0.3, -0.25) is 4.99 Å². The van der Waals surface area contributed by atoms with Gasteiger partial charge in [0.25, 0.3) is 0 Å². The lowest BCUT2D eigenvalue weighted by Crippen LogP contribution is -2.45. The molecule has 3 heterocycles. The maximum absolute atomic E-state index is 13.4. The van der Waals surface area contributed by atoms with Gasteiger partial charge in [0, 0.05) is 26.2 Å². The highest BCUT2D eigenvalue weighted by molar-refractivity contribution is 6.10. The van der Waals surface area contributed by atoms with Gasteiger partial charge in [-0.1, -0.05) is 24.3 Å². The predicted molar refractivity (Wildman–Crippen MR) is 138 cm³/mol. The van der Waals surface area contributed by atoms with Gasteiger partial charge in [0.1, 0.15) is 17.5 Å². The number of benzene rings is 2. The Hall–Kier alpha value is -3.92. The van der Waals surface area contributed by atoms with Crippen LogP contribution in [0.1, 0.15) is 24.1 Å². The summed E-state index contributed by atoms with van der Waals surface area (Å²) in [6.45, 7) is 5.90. The van der Waals surface area contributed by atoms with Gasteiger partial charge in [-0.05, 0) is 61.0 Å². The third-order valence-corrected chi connectivity index (χ3v) is 6.31. The van der Waals surface area contributed by atoms with E-state index in [0.29, 0.717) is 30.2 Å². The Morgan fingerprint density at radius 3 is 2.17 bits per heavy atom. The summed E-state index contributed by atoms with van der Waals surface area (Å²) in [5, 5.41) is 6.53. The monoisotopic (exact) mass is 490 g/mol. The summed E-state index contributed by atoms with van der Waals surface area (Å²) in [5.74, 6) is 1.45. The average Bonchev–Trinajstić information content (AvgIpc) is 3.33. The largest absolute Gasteiger partial charge is 0.348 e. The molecule has 2 N–H and O–H groups in total. The Balaban J connectivity index is 1.38. The first-order chi connectivity index (χ1) is 17.4. The Morgan fingerprint density at radius 2 is 1.47 bits per heavy atom. The molecule has 186 valence electrons. The fourth-order valence-electron chi connectivity index (χ4n) is 4.12. The van der Waals surface area contributed by atoms with Crippen LogP contribution in [0.5, 0.6) is 0 Å². The van der Waals surface area contributed by atoms with E-state index in [-0.39, 0.29) is 17.7 Å². The molecule has 3 aromatic rings. The minimum Gasteiger partial charge on any atom is -0.348 e. The van der Waals surface area contributed by atoms with Gasteiger partial charge in [0.15, 0.2) is 0 Å². The summed E-state index contributed by atoms with van der Waals surface area (Å²) in [6.07, 6.45) is 1.92. The van der Waals surface area contributed by atoms with Crippen molar-refractivity contribution in [2.24, 2.45) is 4.99 Å². The van der Waals surface area contributed by atoms with Crippen LogP contribution in [0.15, 0.2) is 59.6 Å². The second-order valence-corrected chi connectivity index (χ2v) is 8.99. The van der Waals surface area contributed by atoms with Crippen molar-refractivity contribution >= 4 is 29.3 Å². The zero-order valence-corrected chi connectivity index (χ0v) is 20.2. The second kappa shape index (κ2) is 10.4. The van der Waals surface area contributed by atoms with Crippen LogP contribution in [0.25, 0.3) is 5.57 Å². The zero-order chi connectivity index (χ0) is 25.1. The highest BCUT2D eigenvalue weighted by atomic mass is 19.1. The summed E-state index contributed by atoms with van der Waals surface area (Å²) in [4.78, 5) is 22.9. The molecule has 1 fully saturated rings. The molecule has 0 bridgehead atoms. The Bertz CT molecular complexity index is 1270. The van der Waals surface area contributed by atoms with Crippen molar-refractivity contribution in [2.45, 2.75) is 13.0 Å². The number of amidine groups is 1. The smallest absolute Gasteiger partial charge is 0.234 e. The van der Waals surface area contributed by atoms with Crippen molar-refractivity contribution in [3.8, 4) is 0 Å². The molecule has 1 aromatic heterocycles. The molecule has 2 aliphatic heterocycles. The number of hydrogen-bond acceptors (Lipinski definition) is 8. The highest BCUT2D eigenvalue weighted by Crippen LogP contribution is 2.23. The van der Waals surface area contributed by atoms with E-state index in [0.717, 1.165) is 42.9 Å². The van der Waals surface area contributed by atoms with Crippen molar-refractivity contribution in [3.63, 3.8) is 0 Å². The van der Waals surface area contributed by atoms with Crippen LogP contribution in [0.4, 0.5) is 26.6 Å². The van der Waals surface area contributed by atoms with E-state index in [4.69, 9.17) is 0 Å². The van der Waals surface area contributed by atoms with Gasteiger partial charge in [-0.25, -0.2) is 8.78 Å². The van der Waals surface area contributed by atoms with E-state index in [2.05, 4.69) is 47.4 Å². The van der Waals surface area contributed by atoms with Crippen LogP contribution in [-0.2, 0) is 0 Å². The van der Waals surface area contributed by atoms with E-state index in [1.165, 1.54) is 24.3 Å². The quantitative estimate of drug-likeness (QED) is 0.541. The number of anilines is 3. The number of nitrogens with zero attached hydrogens (tertiary/aromatic N) is 6. The van der Waals surface area contributed by atoms with E-state index in [1.54, 1.807) is 24.3 Å². The minimum atomic E-state index is -0.277. The van der Waals surface area contributed by atoms with Gasteiger partial charge < -0.3 is 20.4 Å². The summed E-state index contributed by atoms with van der Waals surface area (Å²) in [7, 11) is 2.10. The lowest BCUT2D eigenvalue weighted by Gasteiger charge is -2.32. The fraction of sp³-hybridized carbons (Fsp3) is 0.308. The summed E-state index contributed by atoms with van der Waals surface area (Å²) < 4.78 is 26.7. The molecular formula is C26H28F2N8. The highest BCUT2D eigenvalue weighted by Gasteiger charge is 2.20. The minimum absolute atomic E-state index is 0.144. The first-order valence-corrected chi connectivity index (χ1v) is 11.9. The molecule has 5 rings (SSSR count). The SMILES string of the molecule is CC(Nc1nc(NC2=NCC(c3ccc(F)cc3)=C2)nc(N2CCN(C)CC2)n1)c1ccc(F)cc1. The molecule has 2 aromatic carbocycles. The molecular weight excluding hydrogens is 462 g/mol. The van der Waals surface area contributed by atoms with Crippen LogP contribution < -0.4 is 15.5 Å².